The third-order valence-corrected chi connectivity index (χ3v) is 8.18. The van der Waals surface area contributed by atoms with Gasteiger partial charge in [-0.2, -0.15) is 0 Å². The average molecular weight is 556 g/mol. The van der Waals surface area contributed by atoms with Crippen molar-refractivity contribution in [3.05, 3.63) is 57.2 Å². The van der Waals surface area contributed by atoms with Crippen LogP contribution in [-0.4, -0.2) is 33.1 Å². The molecule has 3 rings (SSSR count). The lowest BCUT2D eigenvalue weighted by atomic mass is 9.96. The number of sulfonamides is 1. The van der Waals surface area contributed by atoms with Crippen molar-refractivity contribution in [2.45, 2.75) is 55.9 Å². The summed E-state index contributed by atoms with van der Waals surface area (Å²) in [6.45, 7) is 0.781. The van der Waals surface area contributed by atoms with Gasteiger partial charge in [0.2, 0.25) is 0 Å². The number of unbranched alkanes of at least 4 members (excludes halogenated alkanes) is 5. The normalized spacial score (nSPS) is 17.0. The number of fused-ring (bicyclic) bond motifs is 2. The second kappa shape index (κ2) is 10.8. The standard InChI is InChI=1S/C23H29IN2O4S/c1-26-20-11-8-7-10-18(20)23(19-14-13-17(24)16-21(19)31(26,29)30)25-15-9-5-3-2-4-6-12-22(27)28/h7-8,10-11,13-14,16,23,25H,2-6,9,12,15H2,1H3,(H,27,28). The number of hydrogen-bond donors (Lipinski definition) is 2. The Morgan fingerprint density at radius 2 is 1.71 bits per heavy atom. The molecule has 8 heteroatoms. The quantitative estimate of drug-likeness (QED) is 0.321. The van der Waals surface area contributed by atoms with Crippen molar-refractivity contribution in [3.63, 3.8) is 0 Å². The summed E-state index contributed by atoms with van der Waals surface area (Å²) < 4.78 is 28.8. The van der Waals surface area contributed by atoms with E-state index in [1.165, 1.54) is 4.31 Å². The molecule has 0 aromatic heterocycles. The molecule has 0 spiro atoms. The zero-order valence-electron chi connectivity index (χ0n) is 17.7. The first kappa shape index (κ1) is 24.0. The first-order valence-corrected chi connectivity index (χ1v) is 13.2. The number of hydrogen-bond acceptors (Lipinski definition) is 4. The van der Waals surface area contributed by atoms with E-state index in [1.807, 2.05) is 36.4 Å². The van der Waals surface area contributed by atoms with Crippen molar-refractivity contribution in [2.24, 2.45) is 0 Å². The Labute approximate surface area is 198 Å². The summed E-state index contributed by atoms with van der Waals surface area (Å²) in [5, 5.41) is 12.3. The summed E-state index contributed by atoms with van der Waals surface area (Å²) in [6.07, 6.45) is 6.11. The molecule has 31 heavy (non-hydrogen) atoms. The third-order valence-electron chi connectivity index (χ3n) is 5.68. The minimum absolute atomic E-state index is 0.196. The van der Waals surface area contributed by atoms with Gasteiger partial charge in [0.1, 0.15) is 0 Å². The maximum atomic E-state index is 13.3. The maximum Gasteiger partial charge on any atom is 0.303 e. The highest BCUT2D eigenvalue weighted by atomic mass is 127. The van der Waals surface area contributed by atoms with Gasteiger partial charge in [0.25, 0.3) is 10.0 Å². The SMILES string of the molecule is CN1c2ccccc2C(NCCCCCCCCC(=O)O)c2ccc(I)cc2S1(=O)=O. The van der Waals surface area contributed by atoms with Gasteiger partial charge >= 0.3 is 5.97 Å². The topological polar surface area (TPSA) is 86.7 Å². The molecule has 0 saturated carbocycles. The number of aliphatic carboxylic acids is 1. The number of carbonyl (C=O) groups is 1. The first-order valence-electron chi connectivity index (χ1n) is 10.6. The number of nitrogens with zero attached hydrogens (tertiary/aromatic N) is 1. The van der Waals surface area contributed by atoms with Crippen molar-refractivity contribution in [3.8, 4) is 0 Å². The molecule has 1 aliphatic rings. The first-order chi connectivity index (χ1) is 14.8. The van der Waals surface area contributed by atoms with Crippen LogP contribution in [0, 0.1) is 3.57 Å². The van der Waals surface area contributed by atoms with Crippen molar-refractivity contribution >= 4 is 44.3 Å². The summed E-state index contributed by atoms with van der Waals surface area (Å²) in [5.74, 6) is -0.726. The number of carboxylic acids is 1. The molecule has 2 aromatic rings. The summed E-state index contributed by atoms with van der Waals surface area (Å²) in [6, 6.07) is 13.1. The largest absolute Gasteiger partial charge is 0.481 e. The van der Waals surface area contributed by atoms with E-state index in [0.29, 0.717) is 10.6 Å². The van der Waals surface area contributed by atoms with Gasteiger partial charge in [0.05, 0.1) is 16.6 Å². The molecular weight excluding hydrogens is 527 g/mol. The van der Waals surface area contributed by atoms with E-state index in [0.717, 1.165) is 59.8 Å². The minimum atomic E-state index is -3.63. The van der Waals surface area contributed by atoms with Gasteiger partial charge < -0.3 is 10.4 Å². The van der Waals surface area contributed by atoms with E-state index in [9.17, 15) is 13.2 Å². The van der Waals surface area contributed by atoms with Crippen LogP contribution in [0.2, 0.25) is 0 Å². The molecule has 0 aliphatic carbocycles. The smallest absolute Gasteiger partial charge is 0.303 e. The number of rotatable bonds is 10. The van der Waals surface area contributed by atoms with Crippen molar-refractivity contribution < 1.29 is 18.3 Å². The molecule has 0 bridgehead atoms. The predicted molar refractivity (Wildman–Crippen MR) is 131 cm³/mol. The maximum absolute atomic E-state index is 13.3. The number of nitrogens with one attached hydrogen (secondary N) is 1. The molecule has 0 amide bonds. The Morgan fingerprint density at radius 1 is 1.03 bits per heavy atom. The zero-order valence-corrected chi connectivity index (χ0v) is 20.7. The summed E-state index contributed by atoms with van der Waals surface area (Å²) in [7, 11) is -2.02. The molecule has 168 valence electrons. The fraction of sp³-hybridized carbons (Fsp3) is 0.435. The molecule has 1 atom stereocenters. The third kappa shape index (κ3) is 5.78. The van der Waals surface area contributed by atoms with Crippen LogP contribution in [0.4, 0.5) is 5.69 Å². The van der Waals surface area contributed by atoms with Crippen LogP contribution in [0.25, 0.3) is 0 Å². The highest BCUT2D eigenvalue weighted by Crippen LogP contribution is 2.40. The molecule has 1 heterocycles. The molecule has 0 fully saturated rings. The Bertz CT molecular complexity index is 1030. The molecule has 1 aliphatic heterocycles. The Balaban J connectivity index is 1.70. The van der Waals surface area contributed by atoms with Gasteiger partial charge in [0, 0.05) is 17.0 Å². The van der Waals surface area contributed by atoms with Gasteiger partial charge in [-0.25, -0.2) is 8.42 Å². The van der Waals surface area contributed by atoms with Gasteiger partial charge in [-0.1, -0.05) is 49.9 Å². The van der Waals surface area contributed by atoms with Crippen molar-refractivity contribution in [1.29, 1.82) is 0 Å². The van der Waals surface area contributed by atoms with Gasteiger partial charge in [-0.05, 0) is 71.3 Å². The number of anilines is 1. The summed E-state index contributed by atoms with van der Waals surface area (Å²) in [5.41, 5.74) is 2.44. The lowest BCUT2D eigenvalue weighted by molar-refractivity contribution is -0.137. The molecule has 6 nitrogen and oxygen atoms in total. The Morgan fingerprint density at radius 3 is 2.45 bits per heavy atom. The van der Waals surface area contributed by atoms with E-state index >= 15 is 0 Å². The average Bonchev–Trinajstić information content (AvgIpc) is 2.80. The number of benzene rings is 2. The zero-order chi connectivity index (χ0) is 22.4. The van der Waals surface area contributed by atoms with Crippen LogP contribution in [0.5, 0.6) is 0 Å². The lowest BCUT2D eigenvalue weighted by Gasteiger charge is -2.22. The van der Waals surface area contributed by atoms with Crippen LogP contribution in [0.15, 0.2) is 47.4 Å². The lowest BCUT2D eigenvalue weighted by Crippen LogP contribution is -2.26. The molecule has 2 N–H and O–H groups in total. The summed E-state index contributed by atoms with van der Waals surface area (Å²) in [4.78, 5) is 10.9. The highest BCUT2D eigenvalue weighted by molar-refractivity contribution is 14.1. The van der Waals surface area contributed by atoms with E-state index in [4.69, 9.17) is 5.11 Å². The van der Waals surface area contributed by atoms with E-state index in [2.05, 4.69) is 27.9 Å². The number of halogens is 1. The summed E-state index contributed by atoms with van der Waals surface area (Å²) >= 11 is 2.15. The fourth-order valence-corrected chi connectivity index (χ4v) is 6.19. The fourth-order valence-electron chi connectivity index (χ4n) is 4.01. The number of para-hydroxylation sites is 1. The Kier molecular flexibility index (Phi) is 8.35. The predicted octanol–water partition coefficient (Wildman–Crippen LogP) is 4.92. The second-order valence-corrected chi connectivity index (χ2v) is 11.0. The molecule has 0 saturated heterocycles. The second-order valence-electron chi connectivity index (χ2n) is 7.87. The van der Waals surface area contributed by atoms with E-state index in [1.54, 1.807) is 13.1 Å². The van der Waals surface area contributed by atoms with Crippen LogP contribution in [0.1, 0.15) is 62.1 Å². The van der Waals surface area contributed by atoms with Gasteiger partial charge in [0.15, 0.2) is 0 Å². The van der Waals surface area contributed by atoms with Gasteiger partial charge in [-0.15, -0.1) is 0 Å². The van der Waals surface area contributed by atoms with Crippen LogP contribution >= 0.6 is 22.6 Å². The van der Waals surface area contributed by atoms with Crippen LogP contribution in [0.3, 0.4) is 0 Å². The van der Waals surface area contributed by atoms with Crippen molar-refractivity contribution in [2.75, 3.05) is 17.9 Å². The number of carboxylic acid groups (broad SMARTS) is 1. The van der Waals surface area contributed by atoms with Gasteiger partial charge in [-0.3, -0.25) is 9.10 Å². The van der Waals surface area contributed by atoms with E-state index < -0.39 is 16.0 Å². The van der Waals surface area contributed by atoms with E-state index in [-0.39, 0.29) is 12.5 Å². The van der Waals surface area contributed by atoms with Crippen molar-refractivity contribution in [1.82, 2.24) is 5.32 Å². The van der Waals surface area contributed by atoms with Crippen LogP contribution in [-0.2, 0) is 14.8 Å². The molecule has 1 unspecified atom stereocenters. The van der Waals surface area contributed by atoms with Crippen LogP contribution < -0.4 is 9.62 Å². The molecular formula is C23H29IN2O4S. The Hall–Kier alpha value is -1.65. The molecule has 2 aromatic carbocycles. The monoisotopic (exact) mass is 556 g/mol. The molecule has 0 radical (unpaired) electrons. The highest BCUT2D eigenvalue weighted by Gasteiger charge is 2.34. The minimum Gasteiger partial charge on any atom is -0.481 e.